The largest absolute Gasteiger partial charge is 0.493 e. The van der Waals surface area contributed by atoms with Crippen molar-refractivity contribution in [3.8, 4) is 11.5 Å². The molecule has 1 N–H and O–H groups in total. The van der Waals surface area contributed by atoms with Crippen LogP contribution >= 0.6 is 0 Å². The zero-order valence-corrected chi connectivity index (χ0v) is 19.4. The summed E-state index contributed by atoms with van der Waals surface area (Å²) in [5, 5.41) is 2.81. The van der Waals surface area contributed by atoms with Gasteiger partial charge in [-0.2, -0.15) is 0 Å². The van der Waals surface area contributed by atoms with Gasteiger partial charge in [0.1, 0.15) is 6.04 Å². The minimum atomic E-state index is -1.11. The molecule has 180 valence electrons. The number of hydrogen-bond acceptors (Lipinski definition) is 10. The molecule has 1 amide bonds. The van der Waals surface area contributed by atoms with Crippen LogP contribution < -0.4 is 19.7 Å². The quantitative estimate of drug-likeness (QED) is 0.490. The Hall–Kier alpha value is -3.89. The fraction of sp³-hybridized carbons (Fsp3) is 0.435. The molecule has 1 aromatic heterocycles. The molecule has 0 bridgehead atoms. The van der Waals surface area contributed by atoms with Gasteiger partial charge in [-0.15, -0.1) is 0 Å². The first-order valence-electron chi connectivity index (χ1n) is 11.1. The van der Waals surface area contributed by atoms with Gasteiger partial charge in [-0.05, 0) is 30.7 Å². The topological polar surface area (TPSA) is 118 Å². The average molecular weight is 469 g/mol. The van der Waals surface area contributed by atoms with Crippen molar-refractivity contribution in [2.24, 2.45) is 10.9 Å². The fourth-order valence-electron chi connectivity index (χ4n) is 4.08. The van der Waals surface area contributed by atoms with Gasteiger partial charge in [-0.3, -0.25) is 14.9 Å². The molecule has 2 atom stereocenters. The number of anilines is 1. The number of benzene rings is 1. The Bertz CT molecular complexity index is 1060. The summed E-state index contributed by atoms with van der Waals surface area (Å²) in [4.78, 5) is 43.3. The number of esters is 1. The van der Waals surface area contributed by atoms with Gasteiger partial charge in [0.2, 0.25) is 17.8 Å². The highest BCUT2D eigenvalue weighted by atomic mass is 16.5. The van der Waals surface area contributed by atoms with E-state index < -0.39 is 23.8 Å². The van der Waals surface area contributed by atoms with Crippen molar-refractivity contribution in [3.05, 3.63) is 42.2 Å². The van der Waals surface area contributed by atoms with Crippen LogP contribution in [0.5, 0.6) is 11.5 Å². The number of nitrogens with zero attached hydrogens (tertiary/aromatic N) is 5. The van der Waals surface area contributed by atoms with E-state index in [4.69, 9.17) is 19.2 Å². The molecule has 0 unspecified atom stereocenters. The van der Waals surface area contributed by atoms with Crippen molar-refractivity contribution in [3.63, 3.8) is 0 Å². The van der Waals surface area contributed by atoms with Gasteiger partial charge in [0.05, 0.1) is 20.8 Å². The van der Waals surface area contributed by atoms with Crippen LogP contribution in [0.4, 0.5) is 5.95 Å². The normalized spacial score (nSPS) is 20.3. The zero-order chi connectivity index (χ0) is 24.1. The lowest BCUT2D eigenvalue weighted by Gasteiger charge is -2.38. The number of aromatic nitrogens is 2. The summed E-state index contributed by atoms with van der Waals surface area (Å²) >= 11 is 0. The summed E-state index contributed by atoms with van der Waals surface area (Å²) in [5.41, 5.74) is 0.652. The highest BCUT2D eigenvalue weighted by Gasteiger charge is 2.42. The summed E-state index contributed by atoms with van der Waals surface area (Å²) in [5.74, 6) is -0.0442. The SMILES string of the molecule is CCOC(=O)[C@H]1C(=O)NC(N2CCN(c3ncccn3)CC2)=N[C@H]1c1ccc(OC)c(OC)c1. The van der Waals surface area contributed by atoms with Crippen LogP contribution in [-0.4, -0.2) is 79.7 Å². The first-order chi connectivity index (χ1) is 16.5. The van der Waals surface area contributed by atoms with Crippen molar-refractivity contribution in [1.29, 1.82) is 0 Å². The number of hydrogen-bond donors (Lipinski definition) is 1. The third-order valence-electron chi connectivity index (χ3n) is 5.80. The van der Waals surface area contributed by atoms with E-state index in [2.05, 4.69) is 20.2 Å². The molecule has 1 saturated heterocycles. The molecular weight excluding hydrogens is 440 g/mol. The van der Waals surface area contributed by atoms with Gasteiger partial charge in [0, 0.05) is 38.6 Å². The van der Waals surface area contributed by atoms with Gasteiger partial charge in [0.15, 0.2) is 17.4 Å². The second-order valence-corrected chi connectivity index (χ2v) is 7.75. The first kappa shape index (κ1) is 23.3. The first-order valence-corrected chi connectivity index (χ1v) is 11.1. The van der Waals surface area contributed by atoms with Crippen LogP contribution in [0.15, 0.2) is 41.7 Å². The van der Waals surface area contributed by atoms with Crippen molar-refractivity contribution < 1.29 is 23.8 Å². The minimum Gasteiger partial charge on any atom is -0.493 e. The molecule has 2 aliphatic rings. The van der Waals surface area contributed by atoms with Crippen LogP contribution in [0, 0.1) is 5.92 Å². The molecule has 11 heteroatoms. The highest BCUT2D eigenvalue weighted by Crippen LogP contribution is 2.36. The summed E-state index contributed by atoms with van der Waals surface area (Å²) in [6.07, 6.45) is 3.42. The lowest BCUT2D eigenvalue weighted by Crippen LogP contribution is -2.57. The maximum atomic E-state index is 13.1. The molecule has 0 aliphatic carbocycles. The number of piperazine rings is 1. The number of amides is 1. The molecule has 2 aliphatic heterocycles. The molecule has 0 spiro atoms. The van der Waals surface area contributed by atoms with Gasteiger partial charge in [-0.25, -0.2) is 15.0 Å². The van der Waals surface area contributed by atoms with E-state index >= 15 is 0 Å². The van der Waals surface area contributed by atoms with E-state index in [9.17, 15) is 9.59 Å². The Morgan fingerprint density at radius 1 is 1.06 bits per heavy atom. The predicted molar refractivity (Wildman–Crippen MR) is 124 cm³/mol. The molecular formula is C23H28N6O5. The summed E-state index contributed by atoms with van der Waals surface area (Å²) in [7, 11) is 3.08. The standard InChI is InChI=1S/C23H28N6O5/c1-4-34-21(31)18-19(15-6-7-16(32-2)17(14-15)33-3)26-23(27-20(18)30)29-12-10-28(11-13-29)22-24-8-5-9-25-22/h5-9,14,18-19H,4,10-13H2,1-3H3,(H,26,27,30)/t18-,19+/m1/s1. The van der Waals surface area contributed by atoms with E-state index in [-0.39, 0.29) is 6.61 Å². The molecule has 2 aromatic rings. The molecule has 3 heterocycles. The van der Waals surface area contributed by atoms with E-state index in [1.54, 1.807) is 50.7 Å². The van der Waals surface area contributed by atoms with Gasteiger partial charge < -0.3 is 24.0 Å². The van der Waals surface area contributed by atoms with Gasteiger partial charge in [-0.1, -0.05) is 6.07 Å². The molecule has 4 rings (SSSR count). The second kappa shape index (κ2) is 10.4. The Morgan fingerprint density at radius 2 is 1.74 bits per heavy atom. The maximum absolute atomic E-state index is 13.1. The zero-order valence-electron chi connectivity index (χ0n) is 19.4. The third kappa shape index (κ3) is 4.73. The number of rotatable bonds is 6. The van der Waals surface area contributed by atoms with Crippen LogP contribution in [-0.2, 0) is 14.3 Å². The molecule has 1 fully saturated rings. The number of nitrogens with one attached hydrogen (secondary N) is 1. The summed E-state index contributed by atoms with van der Waals surface area (Å²) < 4.78 is 15.9. The monoisotopic (exact) mass is 468 g/mol. The molecule has 0 saturated carbocycles. The van der Waals surface area contributed by atoms with Gasteiger partial charge in [0.25, 0.3) is 0 Å². The van der Waals surface area contributed by atoms with Crippen LogP contribution in [0.2, 0.25) is 0 Å². The molecule has 11 nitrogen and oxygen atoms in total. The summed E-state index contributed by atoms with van der Waals surface area (Å²) in [6, 6.07) is 6.26. The number of aliphatic imine (C=N–C) groups is 1. The van der Waals surface area contributed by atoms with Crippen LogP contribution in [0.3, 0.4) is 0 Å². The van der Waals surface area contributed by atoms with E-state index in [1.807, 2.05) is 4.90 Å². The van der Waals surface area contributed by atoms with Gasteiger partial charge >= 0.3 is 5.97 Å². The number of guanidine groups is 1. The van der Waals surface area contributed by atoms with Crippen LogP contribution in [0.25, 0.3) is 0 Å². The van der Waals surface area contributed by atoms with Crippen molar-refractivity contribution in [2.75, 3.05) is 51.9 Å². The molecule has 0 radical (unpaired) electrons. The Kier molecular flexibility index (Phi) is 7.09. The van der Waals surface area contributed by atoms with Crippen molar-refractivity contribution in [1.82, 2.24) is 20.2 Å². The predicted octanol–water partition coefficient (Wildman–Crippen LogP) is 1.02. The smallest absolute Gasteiger partial charge is 0.321 e. The van der Waals surface area contributed by atoms with Crippen LogP contribution in [0.1, 0.15) is 18.5 Å². The number of carbonyl (C=O) groups excluding carboxylic acids is 2. The third-order valence-corrected chi connectivity index (χ3v) is 5.80. The number of ether oxygens (including phenoxy) is 3. The lowest BCUT2D eigenvalue weighted by molar-refractivity contribution is -0.153. The lowest BCUT2D eigenvalue weighted by atomic mass is 9.91. The Morgan fingerprint density at radius 3 is 2.38 bits per heavy atom. The van der Waals surface area contributed by atoms with E-state index in [0.29, 0.717) is 55.1 Å². The Labute approximate surface area is 197 Å². The average Bonchev–Trinajstić information content (AvgIpc) is 2.88. The second-order valence-electron chi connectivity index (χ2n) is 7.75. The maximum Gasteiger partial charge on any atom is 0.321 e. The number of methoxy groups -OCH3 is 2. The molecule has 34 heavy (non-hydrogen) atoms. The van der Waals surface area contributed by atoms with Crippen molar-refractivity contribution in [2.45, 2.75) is 13.0 Å². The summed E-state index contributed by atoms with van der Waals surface area (Å²) in [6.45, 7) is 4.43. The molecule has 1 aromatic carbocycles. The highest BCUT2D eigenvalue weighted by molar-refractivity contribution is 6.08. The van der Waals surface area contributed by atoms with E-state index in [1.165, 1.54) is 7.11 Å². The minimum absolute atomic E-state index is 0.168. The Balaban J connectivity index is 1.61. The fourth-order valence-corrected chi connectivity index (χ4v) is 4.08. The number of carbonyl (C=O) groups is 2. The van der Waals surface area contributed by atoms with E-state index in [0.717, 1.165) is 0 Å². The van der Waals surface area contributed by atoms with Crippen molar-refractivity contribution >= 4 is 23.8 Å².